The number of ether oxygens (including phenoxy) is 1. The lowest BCUT2D eigenvalue weighted by Gasteiger charge is -2.34. The van der Waals surface area contributed by atoms with Gasteiger partial charge >= 0.3 is 0 Å². The summed E-state index contributed by atoms with van der Waals surface area (Å²) >= 11 is 0. The van der Waals surface area contributed by atoms with E-state index >= 15 is 0 Å². The summed E-state index contributed by atoms with van der Waals surface area (Å²) in [7, 11) is -1.85. The monoisotopic (exact) mass is 464 g/mol. The van der Waals surface area contributed by atoms with Crippen LogP contribution in [0.15, 0.2) is 30.3 Å². The van der Waals surface area contributed by atoms with Crippen molar-refractivity contribution in [3.05, 3.63) is 35.9 Å². The van der Waals surface area contributed by atoms with Crippen LogP contribution in [-0.2, 0) is 25.5 Å². The van der Waals surface area contributed by atoms with Gasteiger partial charge in [0.25, 0.3) is 10.1 Å². The molecule has 2 aliphatic carbocycles. The molecule has 0 unspecified atom stereocenters. The van der Waals surface area contributed by atoms with Crippen molar-refractivity contribution in [3.63, 3.8) is 0 Å². The van der Waals surface area contributed by atoms with Crippen molar-refractivity contribution in [1.29, 1.82) is 0 Å². The lowest BCUT2D eigenvalue weighted by molar-refractivity contribution is 0.0435. The molecule has 1 aromatic rings. The van der Waals surface area contributed by atoms with Crippen LogP contribution in [0.4, 0.5) is 0 Å². The molecule has 1 saturated heterocycles. The van der Waals surface area contributed by atoms with Crippen LogP contribution in [-0.4, -0.2) is 57.1 Å². The number of nitrogens with zero attached hydrogens (tertiary/aromatic N) is 1. The lowest BCUT2D eigenvalue weighted by atomic mass is 9.98. The largest absolute Gasteiger partial charge is 0.383 e. The van der Waals surface area contributed by atoms with E-state index in [9.17, 15) is 8.42 Å². The Balaban J connectivity index is 1.44. The zero-order valence-electron chi connectivity index (χ0n) is 19.5. The van der Waals surface area contributed by atoms with Gasteiger partial charge in [0, 0.05) is 25.2 Å². The highest BCUT2D eigenvalue weighted by Crippen LogP contribution is 2.40. The number of hydrazine groups is 1. The van der Waals surface area contributed by atoms with E-state index in [-0.39, 0.29) is 17.9 Å². The number of rotatable bonds is 11. The SMILES string of the molecule is COC[C@H]1C[C@H]2CCC[C@H]2N1N[C@@H](CCc1ccccc1)CS(=O)(=O)OC1CCCCC1. The van der Waals surface area contributed by atoms with Gasteiger partial charge in [0.2, 0.25) is 0 Å². The summed E-state index contributed by atoms with van der Waals surface area (Å²) in [5.41, 5.74) is 4.91. The first kappa shape index (κ1) is 24.1. The molecule has 1 aromatic carbocycles. The molecule has 180 valence electrons. The lowest BCUT2D eigenvalue weighted by Crippen LogP contribution is -2.54. The second-order valence-corrected chi connectivity index (χ2v) is 11.6. The molecule has 7 heteroatoms. The number of benzene rings is 1. The maximum absolute atomic E-state index is 13.0. The standard InChI is InChI=1S/C25H40N2O4S/c1-30-18-23-17-21-11-8-14-25(21)27(23)26-22(16-15-20-9-4-2-5-10-20)19-32(28,29)31-24-12-6-3-7-13-24/h2,4-5,9-10,21-26H,3,6-8,11-19H2,1H3/t21-,22+,23-,25-/m1/s1. The number of methoxy groups -OCH3 is 1. The van der Waals surface area contributed by atoms with Crippen LogP contribution in [0.2, 0.25) is 0 Å². The van der Waals surface area contributed by atoms with Crippen molar-refractivity contribution in [2.24, 2.45) is 5.92 Å². The molecule has 6 nitrogen and oxygen atoms in total. The molecular formula is C25H40N2O4S. The fourth-order valence-corrected chi connectivity index (χ4v) is 7.39. The summed E-state index contributed by atoms with van der Waals surface area (Å²) in [6.07, 6.45) is 11.3. The number of fused-ring (bicyclic) bond motifs is 1. The maximum atomic E-state index is 13.0. The quantitative estimate of drug-likeness (QED) is 0.498. The zero-order valence-corrected chi connectivity index (χ0v) is 20.3. The Morgan fingerprint density at radius 1 is 1.06 bits per heavy atom. The summed E-state index contributed by atoms with van der Waals surface area (Å²) < 4.78 is 37.2. The van der Waals surface area contributed by atoms with E-state index in [1.54, 1.807) is 7.11 Å². The molecule has 0 amide bonds. The fraction of sp³-hybridized carbons (Fsp3) is 0.760. The van der Waals surface area contributed by atoms with Gasteiger partial charge in [0.1, 0.15) is 0 Å². The maximum Gasteiger partial charge on any atom is 0.269 e. The minimum Gasteiger partial charge on any atom is -0.383 e. The summed E-state index contributed by atoms with van der Waals surface area (Å²) in [4.78, 5) is 0. The van der Waals surface area contributed by atoms with Gasteiger partial charge in [-0.05, 0) is 56.4 Å². The summed E-state index contributed by atoms with van der Waals surface area (Å²) in [5.74, 6) is 0.705. The number of aryl methyl sites for hydroxylation is 1. The molecule has 32 heavy (non-hydrogen) atoms. The third kappa shape index (κ3) is 6.54. The molecule has 3 aliphatic rings. The van der Waals surface area contributed by atoms with Gasteiger partial charge in [-0.15, -0.1) is 0 Å². The Morgan fingerprint density at radius 2 is 1.84 bits per heavy atom. The normalized spacial score (nSPS) is 28.1. The minimum atomic E-state index is -3.60. The molecule has 0 bridgehead atoms. The number of nitrogens with one attached hydrogen (secondary N) is 1. The first-order valence-corrected chi connectivity index (χ1v) is 14.1. The van der Waals surface area contributed by atoms with Crippen LogP contribution < -0.4 is 5.43 Å². The average Bonchev–Trinajstić information content (AvgIpc) is 3.36. The Kier molecular flexibility index (Phi) is 8.62. The predicted molar refractivity (Wildman–Crippen MR) is 127 cm³/mol. The molecule has 4 rings (SSSR count). The zero-order chi connectivity index (χ0) is 22.4. The molecule has 3 fully saturated rings. The van der Waals surface area contributed by atoms with E-state index in [0.29, 0.717) is 24.6 Å². The smallest absolute Gasteiger partial charge is 0.269 e. The Labute approximate surface area is 194 Å². The highest BCUT2D eigenvalue weighted by molar-refractivity contribution is 7.86. The number of hydrogen-bond donors (Lipinski definition) is 1. The van der Waals surface area contributed by atoms with Crippen LogP contribution in [0.5, 0.6) is 0 Å². The molecule has 0 aromatic heterocycles. The minimum absolute atomic E-state index is 0.0178. The molecule has 1 aliphatic heterocycles. The van der Waals surface area contributed by atoms with E-state index < -0.39 is 10.1 Å². The van der Waals surface area contributed by atoms with Gasteiger partial charge < -0.3 is 4.74 Å². The highest BCUT2D eigenvalue weighted by Gasteiger charge is 2.44. The molecule has 1 N–H and O–H groups in total. The van der Waals surface area contributed by atoms with Gasteiger partial charge in [0.05, 0.1) is 18.5 Å². The van der Waals surface area contributed by atoms with Gasteiger partial charge in [-0.25, -0.2) is 5.01 Å². The molecule has 2 saturated carbocycles. The van der Waals surface area contributed by atoms with Crippen molar-refractivity contribution in [2.45, 2.75) is 94.9 Å². The molecule has 0 spiro atoms. The van der Waals surface area contributed by atoms with Crippen molar-refractivity contribution in [3.8, 4) is 0 Å². The van der Waals surface area contributed by atoms with E-state index in [1.165, 1.54) is 31.2 Å². The molecular weight excluding hydrogens is 424 g/mol. The number of hydrogen-bond acceptors (Lipinski definition) is 6. The summed E-state index contributed by atoms with van der Waals surface area (Å²) in [5, 5.41) is 2.35. The average molecular weight is 465 g/mol. The van der Waals surface area contributed by atoms with Crippen LogP contribution in [0, 0.1) is 5.92 Å². The second kappa shape index (κ2) is 11.4. The van der Waals surface area contributed by atoms with Gasteiger partial charge in [-0.3, -0.25) is 9.61 Å². The molecule has 1 heterocycles. The third-order valence-electron chi connectivity index (χ3n) is 7.50. The van der Waals surface area contributed by atoms with Crippen molar-refractivity contribution in [1.82, 2.24) is 10.4 Å². The first-order chi connectivity index (χ1) is 15.5. The third-order valence-corrected chi connectivity index (χ3v) is 8.88. The van der Waals surface area contributed by atoms with Crippen LogP contribution in [0.3, 0.4) is 0 Å². The van der Waals surface area contributed by atoms with Crippen LogP contribution in [0.25, 0.3) is 0 Å². The highest BCUT2D eigenvalue weighted by atomic mass is 32.2. The van der Waals surface area contributed by atoms with Gasteiger partial charge in [-0.1, -0.05) is 56.0 Å². The van der Waals surface area contributed by atoms with E-state index in [4.69, 9.17) is 8.92 Å². The Bertz CT molecular complexity index is 797. The first-order valence-electron chi connectivity index (χ1n) is 12.5. The second-order valence-electron chi connectivity index (χ2n) is 9.94. The van der Waals surface area contributed by atoms with Crippen LogP contribution >= 0.6 is 0 Å². The molecule has 4 atom stereocenters. The molecule has 0 radical (unpaired) electrons. The van der Waals surface area contributed by atoms with E-state index in [2.05, 4.69) is 22.6 Å². The van der Waals surface area contributed by atoms with Crippen molar-refractivity contribution in [2.75, 3.05) is 19.5 Å². The van der Waals surface area contributed by atoms with Crippen molar-refractivity contribution < 1.29 is 17.3 Å². The summed E-state index contributed by atoms with van der Waals surface area (Å²) in [6, 6.07) is 10.9. The topological polar surface area (TPSA) is 67.9 Å². The Hall–Kier alpha value is -0.990. The van der Waals surface area contributed by atoms with E-state index in [0.717, 1.165) is 44.9 Å². The Morgan fingerprint density at radius 3 is 2.59 bits per heavy atom. The fourth-order valence-electron chi connectivity index (χ4n) is 5.97. The van der Waals surface area contributed by atoms with E-state index in [1.807, 2.05) is 18.2 Å². The van der Waals surface area contributed by atoms with Crippen molar-refractivity contribution >= 4 is 10.1 Å². The summed E-state index contributed by atoms with van der Waals surface area (Å²) in [6.45, 7) is 0.677. The predicted octanol–water partition coefficient (Wildman–Crippen LogP) is 4.06. The van der Waals surface area contributed by atoms with Gasteiger partial charge in [0.15, 0.2) is 0 Å². The van der Waals surface area contributed by atoms with Gasteiger partial charge in [-0.2, -0.15) is 8.42 Å². The van der Waals surface area contributed by atoms with Crippen LogP contribution in [0.1, 0.15) is 69.8 Å².